The van der Waals surface area contributed by atoms with E-state index >= 15 is 0 Å². The second kappa shape index (κ2) is 4.63. The van der Waals surface area contributed by atoms with Crippen molar-refractivity contribution in [3.8, 4) is 0 Å². The van der Waals surface area contributed by atoms with Crippen LogP contribution >= 0.6 is 11.1 Å². The smallest absolute Gasteiger partial charge is 0.157 e. The van der Waals surface area contributed by atoms with Crippen LogP contribution in [-0.2, 0) is 0 Å². The van der Waals surface area contributed by atoms with E-state index in [-0.39, 0.29) is 0 Å². The molecule has 5 unspecified atom stereocenters. The van der Waals surface area contributed by atoms with E-state index in [1.165, 1.54) is 19.3 Å². The fraction of sp³-hybridized carbons (Fsp3) is 0.895. The van der Waals surface area contributed by atoms with Crippen molar-refractivity contribution in [3.05, 3.63) is 11.6 Å². The highest BCUT2D eigenvalue weighted by atomic mass is 35.6. The van der Waals surface area contributed by atoms with Gasteiger partial charge in [-0.15, -0.1) is 0 Å². The van der Waals surface area contributed by atoms with Gasteiger partial charge in [-0.1, -0.05) is 52.4 Å². The van der Waals surface area contributed by atoms with Crippen LogP contribution in [0.25, 0.3) is 0 Å². The first-order valence-corrected chi connectivity index (χ1v) is 12.9. The van der Waals surface area contributed by atoms with Crippen molar-refractivity contribution in [2.45, 2.75) is 72.5 Å². The second-order valence-electron chi connectivity index (χ2n) is 10.1. The molecule has 120 valence electrons. The number of halogens is 1. The lowest BCUT2D eigenvalue weighted by Crippen LogP contribution is -2.40. The molecule has 0 bridgehead atoms. The normalized spacial score (nSPS) is 44.2. The molecule has 0 aromatic heterocycles. The molecule has 0 saturated heterocycles. The molecule has 2 saturated carbocycles. The molecule has 0 heterocycles. The Morgan fingerprint density at radius 2 is 1.57 bits per heavy atom. The fourth-order valence-corrected chi connectivity index (χ4v) is 10.4. The van der Waals surface area contributed by atoms with Gasteiger partial charge in [-0.25, -0.2) is 0 Å². The second-order valence-corrected chi connectivity index (χ2v) is 16.8. The zero-order valence-electron chi connectivity index (χ0n) is 15.0. The molecule has 0 nitrogen and oxygen atoms in total. The molecule has 3 aliphatic carbocycles. The molecule has 0 spiro atoms. The van der Waals surface area contributed by atoms with Gasteiger partial charge in [-0.05, 0) is 66.2 Å². The average Bonchev–Trinajstić information content (AvgIpc) is 2.67. The van der Waals surface area contributed by atoms with Crippen molar-refractivity contribution < 1.29 is 0 Å². The molecule has 3 aliphatic rings. The molecule has 0 amide bonds. The standard InChI is InChI=1S/C19H33ClSi/c1-12-8-13-9-15-16(19(4,5)11-18(15,2)3)10-14(13)17(12)21(6,7)20/h8,13-17H,9-11H2,1-7H3. The highest BCUT2D eigenvalue weighted by Crippen LogP contribution is 2.66. The highest BCUT2D eigenvalue weighted by Gasteiger charge is 2.58. The summed E-state index contributed by atoms with van der Waals surface area (Å²) in [6.07, 6.45) is 6.85. The molecular formula is C19H33ClSi. The Morgan fingerprint density at radius 1 is 1.05 bits per heavy atom. The van der Waals surface area contributed by atoms with Gasteiger partial charge in [0.1, 0.15) is 0 Å². The topological polar surface area (TPSA) is 0 Å². The lowest BCUT2D eigenvalue weighted by molar-refractivity contribution is 0.0773. The Balaban J connectivity index is 1.92. The van der Waals surface area contributed by atoms with Crippen LogP contribution in [0.15, 0.2) is 11.6 Å². The van der Waals surface area contributed by atoms with Crippen molar-refractivity contribution >= 4 is 18.5 Å². The first kappa shape index (κ1) is 16.1. The minimum Gasteiger partial charge on any atom is -0.167 e. The summed E-state index contributed by atoms with van der Waals surface area (Å²) in [5.74, 6) is 3.48. The summed E-state index contributed by atoms with van der Waals surface area (Å²) in [5, 5.41) is 0. The maximum Gasteiger partial charge on any atom is 0.157 e. The van der Waals surface area contributed by atoms with E-state index in [0.717, 1.165) is 23.7 Å². The number of allylic oxidation sites excluding steroid dienone is 2. The maximum atomic E-state index is 6.92. The quantitative estimate of drug-likeness (QED) is 0.294. The number of hydrogen-bond acceptors (Lipinski definition) is 0. The predicted octanol–water partition coefficient (Wildman–Crippen LogP) is 6.48. The third kappa shape index (κ3) is 2.47. The van der Waals surface area contributed by atoms with Gasteiger partial charge in [0.25, 0.3) is 0 Å². The summed E-state index contributed by atoms with van der Waals surface area (Å²) in [5.41, 5.74) is 3.36. The molecule has 0 aromatic rings. The van der Waals surface area contributed by atoms with Gasteiger partial charge >= 0.3 is 0 Å². The van der Waals surface area contributed by atoms with E-state index in [9.17, 15) is 0 Å². The largest absolute Gasteiger partial charge is 0.167 e. The predicted molar refractivity (Wildman–Crippen MR) is 96.2 cm³/mol. The number of rotatable bonds is 1. The first-order chi connectivity index (χ1) is 9.43. The van der Waals surface area contributed by atoms with Gasteiger partial charge in [0, 0.05) is 0 Å². The van der Waals surface area contributed by atoms with E-state index in [0.29, 0.717) is 16.4 Å². The molecule has 3 rings (SSSR count). The van der Waals surface area contributed by atoms with Crippen LogP contribution in [0.5, 0.6) is 0 Å². The zero-order valence-corrected chi connectivity index (χ0v) is 16.7. The Hall–Kier alpha value is 0.247. The molecule has 2 heteroatoms. The summed E-state index contributed by atoms with van der Waals surface area (Å²) in [6, 6.07) is 0. The van der Waals surface area contributed by atoms with Gasteiger partial charge in [-0.2, -0.15) is 11.1 Å². The third-order valence-electron chi connectivity index (χ3n) is 7.14. The van der Waals surface area contributed by atoms with Crippen LogP contribution < -0.4 is 0 Å². The van der Waals surface area contributed by atoms with Crippen LogP contribution in [0.4, 0.5) is 0 Å². The Bertz CT molecular complexity index is 468. The number of fused-ring (bicyclic) bond motifs is 2. The van der Waals surface area contributed by atoms with Gasteiger partial charge in [-0.3, -0.25) is 0 Å². The van der Waals surface area contributed by atoms with E-state index in [1.54, 1.807) is 5.57 Å². The van der Waals surface area contributed by atoms with E-state index in [4.69, 9.17) is 11.1 Å². The first-order valence-electron chi connectivity index (χ1n) is 8.81. The summed E-state index contributed by atoms with van der Waals surface area (Å²) >= 11 is 6.92. The fourth-order valence-electron chi connectivity index (χ4n) is 6.83. The zero-order chi connectivity index (χ0) is 15.8. The molecule has 21 heavy (non-hydrogen) atoms. The summed E-state index contributed by atoms with van der Waals surface area (Å²) in [4.78, 5) is 0. The Labute approximate surface area is 137 Å². The Kier molecular flexibility index (Phi) is 3.55. The Morgan fingerprint density at radius 3 is 2.10 bits per heavy atom. The van der Waals surface area contributed by atoms with Crippen LogP contribution in [-0.4, -0.2) is 7.38 Å². The maximum absolute atomic E-state index is 6.92. The summed E-state index contributed by atoms with van der Waals surface area (Å²) < 4.78 is 0. The van der Waals surface area contributed by atoms with Crippen LogP contribution in [0.3, 0.4) is 0 Å². The van der Waals surface area contributed by atoms with E-state index in [1.807, 2.05) is 0 Å². The molecule has 2 fully saturated rings. The van der Waals surface area contributed by atoms with Gasteiger partial charge in [0.05, 0.1) is 0 Å². The SMILES string of the molecule is CC1=CC2CC3C(CC2C1[Si](C)(C)Cl)C(C)(C)CC3(C)C. The molecule has 0 aromatic carbocycles. The van der Waals surface area contributed by atoms with Gasteiger partial charge in [0.15, 0.2) is 7.38 Å². The van der Waals surface area contributed by atoms with Crippen molar-refractivity contribution in [2.24, 2.45) is 34.5 Å². The van der Waals surface area contributed by atoms with Crippen molar-refractivity contribution in [3.63, 3.8) is 0 Å². The minimum absolute atomic E-state index is 0.512. The summed E-state index contributed by atoms with van der Waals surface area (Å²) in [6.45, 7) is 17.1. The van der Waals surface area contributed by atoms with Crippen molar-refractivity contribution in [1.29, 1.82) is 0 Å². The average molecular weight is 325 g/mol. The van der Waals surface area contributed by atoms with Gasteiger partial charge in [0.2, 0.25) is 0 Å². The van der Waals surface area contributed by atoms with Crippen LogP contribution in [0.1, 0.15) is 53.9 Å². The molecule has 0 N–H and O–H groups in total. The third-order valence-corrected chi connectivity index (χ3v) is 10.2. The van der Waals surface area contributed by atoms with E-state index in [2.05, 4.69) is 53.8 Å². The van der Waals surface area contributed by atoms with Crippen molar-refractivity contribution in [1.82, 2.24) is 0 Å². The summed E-state index contributed by atoms with van der Waals surface area (Å²) in [7, 11) is -1.62. The molecule has 5 atom stereocenters. The van der Waals surface area contributed by atoms with Crippen LogP contribution in [0, 0.1) is 34.5 Å². The van der Waals surface area contributed by atoms with Crippen LogP contribution in [0.2, 0.25) is 18.6 Å². The molecule has 0 radical (unpaired) electrons. The monoisotopic (exact) mass is 324 g/mol. The highest BCUT2D eigenvalue weighted by molar-refractivity contribution is 7.20. The number of hydrogen-bond donors (Lipinski definition) is 0. The molecular weight excluding hydrogens is 292 g/mol. The van der Waals surface area contributed by atoms with E-state index < -0.39 is 7.38 Å². The lowest BCUT2D eigenvalue weighted by Gasteiger charge is -2.45. The van der Waals surface area contributed by atoms with Gasteiger partial charge < -0.3 is 0 Å². The lowest BCUT2D eigenvalue weighted by atomic mass is 9.62. The molecule has 0 aliphatic heterocycles. The minimum atomic E-state index is -1.62. The van der Waals surface area contributed by atoms with Crippen molar-refractivity contribution in [2.75, 3.05) is 0 Å².